The van der Waals surface area contributed by atoms with Gasteiger partial charge in [-0.25, -0.2) is 0 Å². The summed E-state index contributed by atoms with van der Waals surface area (Å²) in [4.78, 5) is 4.94. The van der Waals surface area contributed by atoms with Crippen LogP contribution in [0.5, 0.6) is 0 Å². The van der Waals surface area contributed by atoms with Crippen LogP contribution in [0.1, 0.15) is 32.3 Å². The molecule has 118 valence electrons. The molecule has 3 nitrogen and oxygen atoms in total. The van der Waals surface area contributed by atoms with Crippen molar-refractivity contribution in [3.63, 3.8) is 0 Å². The van der Waals surface area contributed by atoms with E-state index in [9.17, 15) is 0 Å². The van der Waals surface area contributed by atoms with E-state index < -0.39 is 0 Å². The van der Waals surface area contributed by atoms with Gasteiger partial charge in [0.2, 0.25) is 0 Å². The Kier molecular flexibility index (Phi) is 5.80. The molecule has 0 radical (unpaired) electrons. The molecule has 0 spiro atoms. The molecule has 1 aliphatic rings. The minimum Gasteiger partial charge on any atom is -0.309 e. The van der Waals surface area contributed by atoms with Crippen molar-refractivity contribution in [2.75, 3.05) is 40.3 Å². The lowest BCUT2D eigenvalue weighted by molar-refractivity contribution is 0.157. The highest BCUT2D eigenvalue weighted by atomic mass is 15.2. The zero-order valence-corrected chi connectivity index (χ0v) is 14.1. The van der Waals surface area contributed by atoms with Gasteiger partial charge < -0.3 is 10.2 Å². The van der Waals surface area contributed by atoms with Crippen molar-refractivity contribution in [2.45, 2.75) is 38.3 Å². The van der Waals surface area contributed by atoms with E-state index >= 15 is 0 Å². The lowest BCUT2D eigenvalue weighted by atomic mass is 9.91. The maximum absolute atomic E-state index is 3.77. The molecule has 0 amide bonds. The Balaban J connectivity index is 2.07. The quantitative estimate of drug-likeness (QED) is 0.898. The average Bonchev–Trinajstić information content (AvgIpc) is 2.69. The van der Waals surface area contributed by atoms with E-state index in [0.29, 0.717) is 6.04 Å². The summed E-state index contributed by atoms with van der Waals surface area (Å²) in [6, 6.07) is 11.5. The van der Waals surface area contributed by atoms with Crippen molar-refractivity contribution in [3.8, 4) is 0 Å². The molecule has 0 aromatic heterocycles. The molecule has 1 saturated heterocycles. The van der Waals surface area contributed by atoms with Gasteiger partial charge in [-0.1, -0.05) is 30.3 Å². The summed E-state index contributed by atoms with van der Waals surface area (Å²) in [5.74, 6) is 0. The summed E-state index contributed by atoms with van der Waals surface area (Å²) in [7, 11) is 4.32. The Morgan fingerprint density at radius 3 is 2.67 bits per heavy atom. The Bertz CT molecular complexity index is 418. The topological polar surface area (TPSA) is 18.5 Å². The van der Waals surface area contributed by atoms with E-state index in [4.69, 9.17) is 0 Å². The highest BCUT2D eigenvalue weighted by molar-refractivity contribution is 5.24. The van der Waals surface area contributed by atoms with Gasteiger partial charge in [-0.15, -0.1) is 0 Å². The summed E-state index contributed by atoms with van der Waals surface area (Å²) in [5.41, 5.74) is 1.46. The van der Waals surface area contributed by atoms with Crippen LogP contribution in [0.4, 0.5) is 0 Å². The largest absolute Gasteiger partial charge is 0.309 e. The summed E-state index contributed by atoms with van der Waals surface area (Å²) in [6.07, 6.45) is 2.46. The fourth-order valence-corrected chi connectivity index (χ4v) is 3.19. The molecule has 1 aromatic rings. The average molecular weight is 289 g/mol. The molecule has 1 fully saturated rings. The van der Waals surface area contributed by atoms with Gasteiger partial charge in [0.05, 0.1) is 5.54 Å². The van der Waals surface area contributed by atoms with Crippen molar-refractivity contribution in [2.24, 2.45) is 0 Å². The maximum Gasteiger partial charge on any atom is 0.0535 e. The van der Waals surface area contributed by atoms with E-state index in [-0.39, 0.29) is 5.54 Å². The van der Waals surface area contributed by atoms with Gasteiger partial charge in [0.15, 0.2) is 0 Å². The van der Waals surface area contributed by atoms with E-state index in [1.807, 2.05) is 0 Å². The second kappa shape index (κ2) is 7.39. The smallest absolute Gasteiger partial charge is 0.0535 e. The summed E-state index contributed by atoms with van der Waals surface area (Å²) < 4.78 is 0. The molecule has 0 aliphatic carbocycles. The molecule has 2 atom stereocenters. The molecule has 1 aromatic carbocycles. The number of benzene rings is 1. The first kappa shape index (κ1) is 16.5. The van der Waals surface area contributed by atoms with Gasteiger partial charge >= 0.3 is 0 Å². The molecular formula is C18H31N3. The van der Waals surface area contributed by atoms with E-state index in [1.165, 1.54) is 24.9 Å². The zero-order valence-electron chi connectivity index (χ0n) is 14.1. The monoisotopic (exact) mass is 289 g/mol. The molecule has 0 saturated carbocycles. The highest BCUT2D eigenvalue weighted by Gasteiger charge is 2.32. The second-order valence-electron chi connectivity index (χ2n) is 6.89. The Morgan fingerprint density at radius 1 is 1.29 bits per heavy atom. The fraction of sp³-hybridized carbons (Fsp3) is 0.667. The van der Waals surface area contributed by atoms with Gasteiger partial charge in [-0.2, -0.15) is 0 Å². The Morgan fingerprint density at radius 2 is 2.00 bits per heavy atom. The Hall–Kier alpha value is -0.900. The standard InChI is InChI=1S/C18H31N3/c1-16(11-14-20(3)4)21-13-8-12-19-18(2,15-21)17-9-6-5-7-10-17/h5-7,9-10,16,19H,8,11-15H2,1-4H3. The van der Waals surface area contributed by atoms with Crippen molar-refractivity contribution < 1.29 is 0 Å². The maximum atomic E-state index is 3.77. The minimum absolute atomic E-state index is 0.0597. The number of nitrogens with one attached hydrogen (secondary N) is 1. The lowest BCUT2D eigenvalue weighted by Gasteiger charge is -2.37. The molecule has 1 N–H and O–H groups in total. The molecule has 0 bridgehead atoms. The van der Waals surface area contributed by atoms with Crippen LogP contribution in [0.3, 0.4) is 0 Å². The van der Waals surface area contributed by atoms with E-state index in [1.54, 1.807) is 0 Å². The first-order chi connectivity index (χ1) is 10.0. The molecule has 21 heavy (non-hydrogen) atoms. The van der Waals surface area contributed by atoms with Crippen LogP contribution in [-0.2, 0) is 5.54 Å². The third-order valence-electron chi connectivity index (χ3n) is 4.68. The van der Waals surface area contributed by atoms with Gasteiger partial charge in [0, 0.05) is 12.6 Å². The fourth-order valence-electron chi connectivity index (χ4n) is 3.19. The number of nitrogens with zero attached hydrogens (tertiary/aromatic N) is 2. The molecule has 2 unspecified atom stereocenters. The normalized spacial score (nSPS) is 25.8. The van der Waals surface area contributed by atoms with Crippen LogP contribution in [0, 0.1) is 0 Å². The molecule has 2 rings (SSSR count). The third kappa shape index (κ3) is 4.53. The van der Waals surface area contributed by atoms with Crippen molar-refractivity contribution >= 4 is 0 Å². The van der Waals surface area contributed by atoms with Crippen LogP contribution in [0.15, 0.2) is 30.3 Å². The van der Waals surface area contributed by atoms with Gasteiger partial charge in [0.1, 0.15) is 0 Å². The molecule has 1 aliphatic heterocycles. The van der Waals surface area contributed by atoms with Crippen LogP contribution >= 0.6 is 0 Å². The predicted molar refractivity (Wildman–Crippen MR) is 90.6 cm³/mol. The molecular weight excluding hydrogens is 258 g/mol. The zero-order chi connectivity index (χ0) is 15.3. The summed E-state index contributed by atoms with van der Waals surface area (Å²) >= 11 is 0. The van der Waals surface area contributed by atoms with Crippen molar-refractivity contribution in [1.82, 2.24) is 15.1 Å². The van der Waals surface area contributed by atoms with Crippen LogP contribution < -0.4 is 5.32 Å². The van der Waals surface area contributed by atoms with Crippen LogP contribution in [0.2, 0.25) is 0 Å². The lowest BCUT2D eigenvalue weighted by Crippen LogP contribution is -2.48. The predicted octanol–water partition coefficient (Wildman–Crippen LogP) is 2.54. The van der Waals surface area contributed by atoms with Gasteiger partial charge in [-0.3, -0.25) is 4.90 Å². The molecule has 3 heteroatoms. The number of hydrogen-bond donors (Lipinski definition) is 1. The summed E-state index contributed by atoms with van der Waals surface area (Å²) in [5, 5.41) is 3.77. The van der Waals surface area contributed by atoms with E-state index in [0.717, 1.165) is 19.6 Å². The van der Waals surface area contributed by atoms with Crippen molar-refractivity contribution in [3.05, 3.63) is 35.9 Å². The van der Waals surface area contributed by atoms with Crippen LogP contribution in [-0.4, -0.2) is 56.1 Å². The first-order valence-corrected chi connectivity index (χ1v) is 8.20. The van der Waals surface area contributed by atoms with Gasteiger partial charge in [0.25, 0.3) is 0 Å². The minimum atomic E-state index is 0.0597. The highest BCUT2D eigenvalue weighted by Crippen LogP contribution is 2.25. The molecule has 1 heterocycles. The SMILES string of the molecule is CC(CCN(C)C)N1CCCNC(C)(c2ccccc2)C1. The Labute approximate surface area is 130 Å². The number of rotatable bonds is 5. The van der Waals surface area contributed by atoms with E-state index in [2.05, 4.69) is 73.4 Å². The third-order valence-corrected chi connectivity index (χ3v) is 4.68. The number of hydrogen-bond acceptors (Lipinski definition) is 3. The second-order valence-corrected chi connectivity index (χ2v) is 6.89. The first-order valence-electron chi connectivity index (χ1n) is 8.20. The van der Waals surface area contributed by atoms with Crippen molar-refractivity contribution in [1.29, 1.82) is 0 Å². The van der Waals surface area contributed by atoms with Gasteiger partial charge in [-0.05, 0) is 66.0 Å². The summed E-state index contributed by atoms with van der Waals surface area (Å²) in [6.45, 7) is 9.27. The van der Waals surface area contributed by atoms with Crippen LogP contribution in [0.25, 0.3) is 0 Å².